The fraction of sp³-hybridized carbons (Fsp3) is 0.385. The highest BCUT2D eigenvalue weighted by molar-refractivity contribution is 6.11. The predicted molar refractivity (Wildman–Crippen MR) is 131 cm³/mol. The average Bonchev–Trinajstić information content (AvgIpc) is 3.47. The summed E-state index contributed by atoms with van der Waals surface area (Å²) in [6.07, 6.45) is 8.60. The Balaban J connectivity index is 1.80. The minimum absolute atomic E-state index is 0.0349. The third-order valence-corrected chi connectivity index (χ3v) is 6.29. The smallest absolute Gasteiger partial charge is 0.331 e. The zero-order valence-electron chi connectivity index (χ0n) is 19.5. The molecule has 1 aromatic heterocycles. The standard InChI is InChI=1S/C26H29N3O5/c1-3-33-22-13-15-26-23(16-22)24(17-28(26)20-9-11-21(12-10-20)29(31)32)25(27-34-18(2)30)14-8-19-6-4-5-7-19/h9-13,15-17,19H,3-8,14H2,1-2H3/b27-25+. The van der Waals surface area contributed by atoms with Crippen LogP contribution in [0.15, 0.2) is 53.8 Å². The van der Waals surface area contributed by atoms with Gasteiger partial charge in [0.2, 0.25) is 0 Å². The quantitative estimate of drug-likeness (QED) is 0.163. The van der Waals surface area contributed by atoms with Gasteiger partial charge in [0.05, 0.1) is 22.8 Å². The Bertz CT molecular complexity index is 1210. The van der Waals surface area contributed by atoms with Gasteiger partial charge in [0.25, 0.3) is 5.69 Å². The summed E-state index contributed by atoms with van der Waals surface area (Å²) in [5.74, 6) is 0.928. The highest BCUT2D eigenvalue weighted by Gasteiger charge is 2.20. The normalized spacial score (nSPS) is 14.5. The number of fused-ring (bicyclic) bond motifs is 1. The van der Waals surface area contributed by atoms with Crippen LogP contribution in [0.4, 0.5) is 5.69 Å². The number of oxime groups is 1. The molecule has 1 heterocycles. The molecule has 4 rings (SSSR count). The number of hydrogen-bond acceptors (Lipinski definition) is 6. The van der Waals surface area contributed by atoms with Crippen LogP contribution in [0.1, 0.15) is 57.9 Å². The van der Waals surface area contributed by atoms with Crippen LogP contribution in [0.2, 0.25) is 0 Å². The number of nitro benzene ring substituents is 1. The van der Waals surface area contributed by atoms with E-state index >= 15 is 0 Å². The van der Waals surface area contributed by atoms with E-state index in [1.807, 2.05) is 35.9 Å². The van der Waals surface area contributed by atoms with Gasteiger partial charge < -0.3 is 14.1 Å². The Labute approximate surface area is 198 Å². The van der Waals surface area contributed by atoms with Crippen LogP contribution < -0.4 is 4.74 Å². The lowest BCUT2D eigenvalue weighted by atomic mass is 9.97. The van der Waals surface area contributed by atoms with Crippen LogP contribution in [0.25, 0.3) is 16.6 Å². The summed E-state index contributed by atoms with van der Waals surface area (Å²) in [5, 5.41) is 16.3. The monoisotopic (exact) mass is 463 g/mol. The lowest BCUT2D eigenvalue weighted by Gasteiger charge is -2.10. The maximum absolute atomic E-state index is 11.5. The first kappa shape index (κ1) is 23.5. The van der Waals surface area contributed by atoms with Crippen molar-refractivity contribution in [3.8, 4) is 11.4 Å². The number of rotatable bonds is 9. The van der Waals surface area contributed by atoms with Crippen molar-refractivity contribution < 1.29 is 19.3 Å². The van der Waals surface area contributed by atoms with Crippen LogP contribution in [-0.2, 0) is 9.63 Å². The number of benzene rings is 2. The van der Waals surface area contributed by atoms with Gasteiger partial charge in [-0.15, -0.1) is 0 Å². The molecule has 3 aromatic rings. The Morgan fingerprint density at radius 3 is 2.56 bits per heavy atom. The van der Waals surface area contributed by atoms with Crippen molar-refractivity contribution in [1.82, 2.24) is 4.57 Å². The summed E-state index contributed by atoms with van der Waals surface area (Å²) in [7, 11) is 0. The molecule has 0 spiro atoms. The number of carbonyl (C=O) groups excluding carboxylic acids is 1. The zero-order valence-corrected chi connectivity index (χ0v) is 19.5. The Morgan fingerprint density at radius 2 is 1.91 bits per heavy atom. The highest BCUT2D eigenvalue weighted by atomic mass is 16.7. The first-order chi connectivity index (χ1) is 16.5. The number of aromatic nitrogens is 1. The summed E-state index contributed by atoms with van der Waals surface area (Å²) in [5.41, 5.74) is 3.29. The molecule has 0 N–H and O–H groups in total. The summed E-state index contributed by atoms with van der Waals surface area (Å²) in [4.78, 5) is 27.3. The molecule has 8 heteroatoms. The molecule has 0 radical (unpaired) electrons. The van der Waals surface area contributed by atoms with E-state index in [4.69, 9.17) is 9.57 Å². The van der Waals surface area contributed by atoms with Crippen LogP contribution in [-0.4, -0.2) is 27.8 Å². The lowest BCUT2D eigenvalue weighted by Crippen LogP contribution is -2.07. The number of ether oxygens (including phenoxy) is 1. The molecule has 1 fully saturated rings. The van der Waals surface area contributed by atoms with Gasteiger partial charge in [-0.05, 0) is 56.0 Å². The third kappa shape index (κ3) is 5.27. The number of nitrogens with zero attached hydrogens (tertiary/aromatic N) is 3. The molecular formula is C26H29N3O5. The molecule has 0 atom stereocenters. The van der Waals surface area contributed by atoms with Crippen molar-refractivity contribution in [2.24, 2.45) is 11.1 Å². The maximum atomic E-state index is 11.5. The number of nitro groups is 1. The molecule has 34 heavy (non-hydrogen) atoms. The zero-order chi connectivity index (χ0) is 24.1. The Hall–Kier alpha value is -3.68. The van der Waals surface area contributed by atoms with Crippen LogP contribution >= 0.6 is 0 Å². The van der Waals surface area contributed by atoms with E-state index in [9.17, 15) is 14.9 Å². The third-order valence-electron chi connectivity index (χ3n) is 6.29. The van der Waals surface area contributed by atoms with Gasteiger partial charge in [-0.1, -0.05) is 30.8 Å². The van der Waals surface area contributed by atoms with E-state index in [0.717, 1.165) is 34.3 Å². The minimum Gasteiger partial charge on any atom is -0.494 e. The van der Waals surface area contributed by atoms with E-state index in [2.05, 4.69) is 5.16 Å². The Kier molecular flexibility index (Phi) is 7.25. The molecule has 0 bridgehead atoms. The molecule has 0 unspecified atom stereocenters. The van der Waals surface area contributed by atoms with Gasteiger partial charge in [0, 0.05) is 41.9 Å². The molecule has 178 valence electrons. The molecule has 0 amide bonds. The van der Waals surface area contributed by atoms with Crippen molar-refractivity contribution in [2.75, 3.05) is 6.61 Å². The first-order valence-electron chi connectivity index (χ1n) is 11.7. The topological polar surface area (TPSA) is 96.0 Å². The minimum atomic E-state index is -0.465. The summed E-state index contributed by atoms with van der Waals surface area (Å²) in [6.45, 7) is 3.81. The second-order valence-corrected chi connectivity index (χ2v) is 8.61. The number of non-ortho nitro benzene ring substituents is 1. The van der Waals surface area contributed by atoms with Crippen LogP contribution in [0, 0.1) is 16.0 Å². The van der Waals surface area contributed by atoms with Gasteiger partial charge in [-0.2, -0.15) is 0 Å². The van der Waals surface area contributed by atoms with Gasteiger partial charge in [-0.3, -0.25) is 10.1 Å². The van der Waals surface area contributed by atoms with Crippen LogP contribution in [0.3, 0.4) is 0 Å². The summed E-state index contributed by atoms with van der Waals surface area (Å²) in [6, 6.07) is 12.3. The molecule has 1 aliphatic rings. The SMILES string of the molecule is CCOc1ccc2c(c1)c(/C(CCC1CCCC1)=N/OC(C)=O)cn2-c1ccc([N+](=O)[O-])cc1. The predicted octanol–water partition coefficient (Wildman–Crippen LogP) is 6.18. The molecule has 0 saturated heterocycles. The van der Waals surface area contributed by atoms with E-state index in [1.165, 1.54) is 44.7 Å². The van der Waals surface area contributed by atoms with Crippen LogP contribution in [0.5, 0.6) is 5.75 Å². The Morgan fingerprint density at radius 1 is 1.18 bits per heavy atom. The molecular weight excluding hydrogens is 434 g/mol. The first-order valence-corrected chi connectivity index (χ1v) is 11.7. The van der Waals surface area contributed by atoms with E-state index in [0.29, 0.717) is 24.7 Å². The van der Waals surface area contributed by atoms with Crippen molar-refractivity contribution in [1.29, 1.82) is 0 Å². The van der Waals surface area contributed by atoms with Gasteiger partial charge in [0.15, 0.2) is 0 Å². The fourth-order valence-electron chi connectivity index (χ4n) is 4.63. The van der Waals surface area contributed by atoms with Crippen molar-refractivity contribution in [2.45, 2.75) is 52.4 Å². The van der Waals surface area contributed by atoms with Gasteiger partial charge in [0.1, 0.15) is 5.75 Å². The summed E-state index contributed by atoms with van der Waals surface area (Å²) >= 11 is 0. The maximum Gasteiger partial charge on any atom is 0.331 e. The molecule has 2 aromatic carbocycles. The molecule has 8 nitrogen and oxygen atoms in total. The van der Waals surface area contributed by atoms with Crippen molar-refractivity contribution in [3.05, 3.63) is 64.3 Å². The van der Waals surface area contributed by atoms with Gasteiger partial charge >= 0.3 is 5.97 Å². The second kappa shape index (κ2) is 10.5. The highest BCUT2D eigenvalue weighted by Crippen LogP contribution is 2.33. The number of carbonyl (C=O) groups is 1. The van der Waals surface area contributed by atoms with Crippen molar-refractivity contribution in [3.63, 3.8) is 0 Å². The fourth-order valence-corrected chi connectivity index (χ4v) is 4.63. The second-order valence-electron chi connectivity index (χ2n) is 8.61. The summed E-state index contributed by atoms with van der Waals surface area (Å²) < 4.78 is 7.71. The van der Waals surface area contributed by atoms with E-state index in [1.54, 1.807) is 12.1 Å². The largest absolute Gasteiger partial charge is 0.494 e. The lowest BCUT2D eigenvalue weighted by molar-refractivity contribution is -0.384. The molecule has 1 aliphatic carbocycles. The van der Waals surface area contributed by atoms with Crippen molar-refractivity contribution >= 4 is 28.3 Å². The molecule has 0 aliphatic heterocycles. The average molecular weight is 464 g/mol. The molecule has 1 saturated carbocycles. The van der Waals surface area contributed by atoms with E-state index in [-0.39, 0.29) is 5.69 Å². The van der Waals surface area contributed by atoms with E-state index < -0.39 is 10.9 Å². The number of hydrogen-bond donors (Lipinski definition) is 0. The van der Waals surface area contributed by atoms with Gasteiger partial charge in [-0.25, -0.2) is 4.79 Å².